The van der Waals surface area contributed by atoms with Gasteiger partial charge in [-0.2, -0.15) is 10.4 Å². The van der Waals surface area contributed by atoms with Crippen molar-refractivity contribution in [3.05, 3.63) is 59.5 Å². The number of fused-ring (bicyclic) bond motifs is 1. The zero-order chi connectivity index (χ0) is 23.1. The first-order valence-corrected chi connectivity index (χ1v) is 11.1. The molecule has 8 nitrogen and oxygen atoms in total. The lowest BCUT2D eigenvalue weighted by Crippen LogP contribution is -2.60. The summed E-state index contributed by atoms with van der Waals surface area (Å²) in [5.74, 6) is -0.649. The molecule has 170 valence electrons. The van der Waals surface area contributed by atoms with Crippen LogP contribution in [0.25, 0.3) is 10.9 Å². The molecule has 2 aliphatic rings. The molecule has 3 heterocycles. The Balaban J connectivity index is 1.53. The zero-order valence-corrected chi connectivity index (χ0v) is 18.4. The third kappa shape index (κ3) is 4.09. The number of hydrogen-bond donors (Lipinski definition) is 2. The van der Waals surface area contributed by atoms with Crippen LogP contribution in [-0.2, 0) is 11.8 Å². The summed E-state index contributed by atoms with van der Waals surface area (Å²) in [7, 11) is 1.85. The number of aryl methyl sites for hydroxylation is 1. The molecule has 5 rings (SSSR count). The van der Waals surface area contributed by atoms with Gasteiger partial charge in [0.25, 0.3) is 0 Å². The number of halogens is 1. The lowest BCUT2D eigenvalue weighted by Gasteiger charge is -2.45. The van der Waals surface area contributed by atoms with Crippen LogP contribution in [0.2, 0.25) is 0 Å². The molecule has 0 saturated carbocycles. The largest absolute Gasteiger partial charge is 0.328 e. The lowest BCUT2D eigenvalue weighted by molar-refractivity contribution is -0.123. The van der Waals surface area contributed by atoms with E-state index in [9.17, 15) is 9.18 Å². The van der Waals surface area contributed by atoms with E-state index in [2.05, 4.69) is 15.3 Å². The van der Waals surface area contributed by atoms with Crippen LogP contribution in [0, 0.1) is 17.1 Å². The normalized spacial score (nSPS) is 22.6. The minimum Gasteiger partial charge on any atom is -0.328 e. The van der Waals surface area contributed by atoms with E-state index >= 15 is 0 Å². The Bertz CT molecular complexity index is 1240. The van der Waals surface area contributed by atoms with Gasteiger partial charge >= 0.3 is 0 Å². The van der Waals surface area contributed by atoms with Crippen LogP contribution in [0.4, 0.5) is 10.1 Å². The van der Waals surface area contributed by atoms with Gasteiger partial charge < -0.3 is 5.73 Å². The third-order valence-electron chi connectivity index (χ3n) is 6.57. The van der Waals surface area contributed by atoms with Crippen molar-refractivity contribution in [2.24, 2.45) is 12.8 Å². The summed E-state index contributed by atoms with van der Waals surface area (Å²) in [6.07, 6.45) is 3.20. The second kappa shape index (κ2) is 8.56. The van der Waals surface area contributed by atoms with E-state index in [1.165, 1.54) is 12.1 Å². The van der Waals surface area contributed by atoms with E-state index in [0.717, 1.165) is 36.8 Å². The molecular formula is C24H26FN7O. The maximum atomic E-state index is 14.5. The first-order valence-electron chi connectivity index (χ1n) is 11.1. The number of hydrogen-bond acceptors (Lipinski definition) is 6. The maximum Gasteiger partial charge on any atom is 0.231 e. The minimum atomic E-state index is -0.599. The minimum absolute atomic E-state index is 0.0224. The van der Waals surface area contributed by atoms with Gasteiger partial charge in [0.1, 0.15) is 18.1 Å². The van der Waals surface area contributed by atoms with Gasteiger partial charge in [0.05, 0.1) is 23.7 Å². The van der Waals surface area contributed by atoms with Crippen LogP contribution < -0.4 is 16.0 Å². The van der Waals surface area contributed by atoms with Crippen molar-refractivity contribution in [3.8, 4) is 6.07 Å². The van der Waals surface area contributed by atoms with Gasteiger partial charge in [-0.15, -0.1) is 0 Å². The Kier molecular flexibility index (Phi) is 5.58. The van der Waals surface area contributed by atoms with Gasteiger partial charge in [0.15, 0.2) is 0 Å². The molecule has 0 spiro atoms. The number of amides is 1. The average Bonchev–Trinajstić information content (AvgIpc) is 3.18. The first-order chi connectivity index (χ1) is 15.9. The second-order valence-corrected chi connectivity index (χ2v) is 8.82. The smallest absolute Gasteiger partial charge is 0.231 e. The van der Waals surface area contributed by atoms with Crippen molar-refractivity contribution < 1.29 is 9.18 Å². The van der Waals surface area contributed by atoms with Gasteiger partial charge in [-0.3, -0.25) is 24.6 Å². The number of carbonyl (C=O) groups is 1. The topological polar surface area (TPSA) is 103 Å². The Morgan fingerprint density at radius 3 is 2.73 bits per heavy atom. The average molecular weight is 448 g/mol. The molecule has 2 unspecified atom stereocenters. The van der Waals surface area contributed by atoms with Crippen molar-refractivity contribution in [1.82, 2.24) is 20.0 Å². The van der Waals surface area contributed by atoms with Crippen LogP contribution in [-0.4, -0.2) is 45.9 Å². The SMILES string of the molecule is Cn1cc2cc(N3C(=O)CC(N4CCC(N)CC4)NC3c3ccc(C#N)c(F)c3)ccc2n1. The fourth-order valence-electron chi connectivity index (χ4n) is 4.81. The van der Waals surface area contributed by atoms with E-state index in [4.69, 9.17) is 11.0 Å². The molecule has 1 amide bonds. The molecule has 3 aromatic rings. The molecule has 2 atom stereocenters. The monoisotopic (exact) mass is 447 g/mol. The number of aromatic nitrogens is 2. The molecule has 0 aliphatic carbocycles. The molecule has 2 fully saturated rings. The fraction of sp³-hybridized carbons (Fsp3) is 0.375. The summed E-state index contributed by atoms with van der Waals surface area (Å²) in [6.45, 7) is 1.62. The highest BCUT2D eigenvalue weighted by Gasteiger charge is 2.38. The van der Waals surface area contributed by atoms with Gasteiger partial charge in [0, 0.05) is 43.4 Å². The van der Waals surface area contributed by atoms with Crippen LogP contribution in [0.15, 0.2) is 42.6 Å². The molecule has 9 heteroatoms. The highest BCUT2D eigenvalue weighted by molar-refractivity contribution is 5.97. The number of nitrogens with two attached hydrogens (primary N) is 1. The highest BCUT2D eigenvalue weighted by Crippen LogP contribution is 2.34. The van der Waals surface area contributed by atoms with Crippen LogP contribution in [0.5, 0.6) is 0 Å². The van der Waals surface area contributed by atoms with Gasteiger partial charge in [-0.25, -0.2) is 4.39 Å². The number of nitrogens with one attached hydrogen (secondary N) is 1. The number of anilines is 1. The molecule has 2 aromatic carbocycles. The Morgan fingerprint density at radius 1 is 1.21 bits per heavy atom. The predicted molar refractivity (Wildman–Crippen MR) is 122 cm³/mol. The first kappa shape index (κ1) is 21.5. The molecule has 33 heavy (non-hydrogen) atoms. The van der Waals surface area contributed by atoms with E-state index < -0.39 is 12.0 Å². The standard InChI is InChI=1S/C24H26FN7O/c1-30-14-17-10-19(4-5-21(17)29-30)32-23(33)12-22(31-8-6-18(27)7-9-31)28-24(32)15-2-3-16(13-26)20(25)11-15/h2-5,10-11,14,18,22,24,28H,6-9,12,27H2,1H3. The predicted octanol–water partition coefficient (Wildman–Crippen LogP) is 2.36. The number of likely N-dealkylation sites (tertiary alicyclic amines) is 1. The van der Waals surface area contributed by atoms with Crippen LogP contribution in [0.1, 0.15) is 36.6 Å². The van der Waals surface area contributed by atoms with Crippen molar-refractivity contribution in [2.75, 3.05) is 18.0 Å². The zero-order valence-electron chi connectivity index (χ0n) is 18.4. The summed E-state index contributed by atoms with van der Waals surface area (Å²) in [4.78, 5) is 17.4. The van der Waals surface area contributed by atoms with Gasteiger partial charge in [0.2, 0.25) is 5.91 Å². The highest BCUT2D eigenvalue weighted by atomic mass is 19.1. The van der Waals surface area contributed by atoms with Crippen molar-refractivity contribution in [1.29, 1.82) is 5.26 Å². The van der Waals surface area contributed by atoms with Crippen LogP contribution in [0.3, 0.4) is 0 Å². The molecule has 2 aliphatic heterocycles. The number of nitrogens with zero attached hydrogens (tertiary/aromatic N) is 5. The lowest BCUT2D eigenvalue weighted by atomic mass is 10.0. The summed E-state index contributed by atoms with van der Waals surface area (Å²) in [5, 5.41) is 18.0. The number of nitriles is 1. The number of carbonyl (C=O) groups excluding carboxylic acids is 1. The second-order valence-electron chi connectivity index (χ2n) is 8.82. The van der Waals surface area contributed by atoms with E-state index in [1.807, 2.05) is 37.5 Å². The maximum absolute atomic E-state index is 14.5. The molecular weight excluding hydrogens is 421 g/mol. The summed E-state index contributed by atoms with van der Waals surface area (Å²) >= 11 is 0. The number of rotatable bonds is 3. The summed E-state index contributed by atoms with van der Waals surface area (Å²) < 4.78 is 16.3. The van der Waals surface area contributed by atoms with Crippen molar-refractivity contribution in [2.45, 2.75) is 37.6 Å². The summed E-state index contributed by atoms with van der Waals surface area (Å²) in [5.41, 5.74) is 8.17. The Hall–Kier alpha value is -3.32. The van der Waals surface area contributed by atoms with E-state index in [1.54, 1.807) is 15.6 Å². The molecule has 2 saturated heterocycles. The molecule has 0 bridgehead atoms. The van der Waals surface area contributed by atoms with E-state index in [-0.39, 0.29) is 23.7 Å². The fourth-order valence-corrected chi connectivity index (χ4v) is 4.81. The van der Waals surface area contributed by atoms with Crippen LogP contribution >= 0.6 is 0 Å². The molecule has 1 aromatic heterocycles. The van der Waals surface area contributed by atoms with Crippen molar-refractivity contribution in [3.63, 3.8) is 0 Å². The molecule has 0 radical (unpaired) electrons. The van der Waals surface area contributed by atoms with Gasteiger partial charge in [-0.05, 0) is 48.7 Å². The Morgan fingerprint density at radius 2 is 2.00 bits per heavy atom. The molecule has 3 N–H and O–H groups in total. The van der Waals surface area contributed by atoms with Crippen molar-refractivity contribution >= 4 is 22.5 Å². The third-order valence-corrected chi connectivity index (χ3v) is 6.57. The Labute approximate surface area is 191 Å². The summed E-state index contributed by atoms with van der Waals surface area (Å²) in [6, 6.07) is 12.2. The van der Waals surface area contributed by atoms with E-state index in [0.29, 0.717) is 17.7 Å². The quantitative estimate of drug-likeness (QED) is 0.639. The van der Waals surface area contributed by atoms with Gasteiger partial charge in [-0.1, -0.05) is 6.07 Å². The number of piperidine rings is 1. The number of benzene rings is 2.